The fourth-order valence-corrected chi connectivity index (χ4v) is 1.47. The lowest BCUT2D eigenvalue weighted by Gasteiger charge is -2.19. The summed E-state index contributed by atoms with van der Waals surface area (Å²) < 4.78 is 42.0. The van der Waals surface area contributed by atoms with Crippen LogP contribution in [-0.2, 0) is 0 Å². The van der Waals surface area contributed by atoms with Crippen molar-refractivity contribution in [2.75, 3.05) is 7.11 Å². The molecule has 5 heteroatoms. The van der Waals surface area contributed by atoms with Crippen LogP contribution >= 0.6 is 0 Å². The highest BCUT2D eigenvalue weighted by Gasteiger charge is 2.41. The molecule has 1 rings (SSSR count). The first-order valence-corrected chi connectivity index (χ1v) is 4.68. The van der Waals surface area contributed by atoms with E-state index in [1.54, 1.807) is 13.8 Å². The molecule has 90 valence electrons. The number of rotatable bonds is 2. The van der Waals surface area contributed by atoms with Gasteiger partial charge in [-0.3, -0.25) is 0 Å². The van der Waals surface area contributed by atoms with E-state index in [4.69, 9.17) is 4.74 Å². The zero-order chi connectivity index (χ0) is 12.5. The smallest absolute Gasteiger partial charge is 0.418 e. The van der Waals surface area contributed by atoms with Crippen LogP contribution in [0.3, 0.4) is 0 Å². The van der Waals surface area contributed by atoms with Gasteiger partial charge in [-0.1, -0.05) is 12.1 Å². The van der Waals surface area contributed by atoms with E-state index in [9.17, 15) is 18.3 Å². The van der Waals surface area contributed by atoms with Gasteiger partial charge in [-0.25, -0.2) is 0 Å². The molecule has 0 spiro atoms. The van der Waals surface area contributed by atoms with Gasteiger partial charge in [0.05, 0.1) is 7.11 Å². The van der Waals surface area contributed by atoms with Crippen LogP contribution in [0.1, 0.15) is 22.8 Å². The largest absolute Gasteiger partial charge is 0.496 e. The highest BCUT2D eigenvalue weighted by molar-refractivity contribution is 5.46. The van der Waals surface area contributed by atoms with Gasteiger partial charge in [-0.2, -0.15) is 13.2 Å². The summed E-state index contributed by atoms with van der Waals surface area (Å²) in [6, 6.07) is 2.77. The van der Waals surface area contributed by atoms with Gasteiger partial charge in [0.2, 0.25) is 0 Å². The minimum absolute atomic E-state index is 0.0878. The SMILES string of the molecule is COc1c([C@H](O)C(F)(F)F)ccc(C)c1C. The molecule has 1 aromatic carbocycles. The topological polar surface area (TPSA) is 29.5 Å². The van der Waals surface area contributed by atoms with Gasteiger partial charge in [0, 0.05) is 5.56 Å². The quantitative estimate of drug-likeness (QED) is 0.852. The Balaban J connectivity index is 3.30. The molecule has 0 radical (unpaired) electrons. The highest BCUT2D eigenvalue weighted by Crippen LogP contribution is 2.39. The maximum atomic E-state index is 12.4. The number of hydrogen-bond acceptors (Lipinski definition) is 2. The molecule has 0 aliphatic heterocycles. The molecule has 0 saturated heterocycles. The fourth-order valence-electron chi connectivity index (χ4n) is 1.47. The second-order valence-corrected chi connectivity index (χ2v) is 3.57. The minimum Gasteiger partial charge on any atom is -0.496 e. The van der Waals surface area contributed by atoms with Crippen LogP contribution in [0.2, 0.25) is 0 Å². The van der Waals surface area contributed by atoms with Crippen LogP contribution in [0.4, 0.5) is 13.2 Å². The number of benzene rings is 1. The van der Waals surface area contributed by atoms with Crippen LogP contribution in [0.15, 0.2) is 12.1 Å². The first kappa shape index (κ1) is 12.8. The molecule has 1 atom stereocenters. The van der Waals surface area contributed by atoms with Gasteiger partial charge < -0.3 is 9.84 Å². The molecule has 16 heavy (non-hydrogen) atoms. The summed E-state index contributed by atoms with van der Waals surface area (Å²) in [4.78, 5) is 0. The van der Waals surface area contributed by atoms with Gasteiger partial charge in [-0.15, -0.1) is 0 Å². The molecule has 0 saturated carbocycles. The lowest BCUT2D eigenvalue weighted by Crippen LogP contribution is -2.21. The number of aliphatic hydroxyl groups excluding tert-OH is 1. The first-order chi connectivity index (χ1) is 7.29. The molecule has 0 fully saturated rings. The first-order valence-electron chi connectivity index (χ1n) is 4.68. The van der Waals surface area contributed by atoms with Crippen LogP contribution in [-0.4, -0.2) is 18.4 Å². The number of ether oxygens (including phenoxy) is 1. The van der Waals surface area contributed by atoms with Gasteiger partial charge in [0.25, 0.3) is 0 Å². The molecule has 0 amide bonds. The Labute approximate surface area is 91.7 Å². The maximum absolute atomic E-state index is 12.4. The van der Waals surface area contributed by atoms with Gasteiger partial charge in [0.1, 0.15) is 5.75 Å². The lowest BCUT2D eigenvalue weighted by molar-refractivity contribution is -0.207. The van der Waals surface area contributed by atoms with Crippen molar-refractivity contribution in [2.24, 2.45) is 0 Å². The molecule has 2 nitrogen and oxygen atoms in total. The Bertz CT molecular complexity index is 386. The van der Waals surface area contributed by atoms with Crippen molar-refractivity contribution in [1.29, 1.82) is 0 Å². The van der Waals surface area contributed by atoms with Crippen molar-refractivity contribution in [1.82, 2.24) is 0 Å². The van der Waals surface area contributed by atoms with Crippen LogP contribution in [0, 0.1) is 13.8 Å². The molecule has 0 aromatic heterocycles. The van der Waals surface area contributed by atoms with E-state index in [-0.39, 0.29) is 11.3 Å². The Kier molecular flexibility index (Phi) is 3.48. The molecule has 1 N–H and O–H groups in total. The predicted octanol–water partition coefficient (Wildman–Crippen LogP) is 2.91. The zero-order valence-corrected chi connectivity index (χ0v) is 9.22. The van der Waals surface area contributed by atoms with Gasteiger partial charge in [-0.05, 0) is 25.0 Å². The van der Waals surface area contributed by atoms with E-state index >= 15 is 0 Å². The Morgan fingerprint density at radius 1 is 1.25 bits per heavy atom. The Morgan fingerprint density at radius 3 is 2.25 bits per heavy atom. The van der Waals surface area contributed by atoms with Crippen molar-refractivity contribution in [2.45, 2.75) is 26.1 Å². The summed E-state index contributed by atoms with van der Waals surface area (Å²) in [5.41, 5.74) is 1.16. The molecule has 0 aliphatic rings. The van der Waals surface area contributed by atoms with Gasteiger partial charge in [0.15, 0.2) is 6.10 Å². The van der Waals surface area contributed by atoms with Crippen LogP contribution in [0.5, 0.6) is 5.75 Å². The van der Waals surface area contributed by atoms with Crippen molar-refractivity contribution >= 4 is 0 Å². The van der Waals surface area contributed by atoms with E-state index in [1.165, 1.54) is 19.2 Å². The summed E-state index contributed by atoms with van der Waals surface area (Å²) in [6.45, 7) is 3.42. The van der Waals surface area contributed by atoms with Crippen molar-refractivity contribution in [3.05, 3.63) is 28.8 Å². The third-order valence-electron chi connectivity index (χ3n) is 2.52. The number of alkyl halides is 3. The predicted molar refractivity (Wildman–Crippen MR) is 53.5 cm³/mol. The number of aliphatic hydroxyl groups is 1. The van der Waals surface area contributed by atoms with Crippen molar-refractivity contribution in [3.63, 3.8) is 0 Å². The molecular formula is C11H13F3O2. The van der Waals surface area contributed by atoms with Crippen LogP contribution in [0.25, 0.3) is 0 Å². The molecule has 0 aliphatic carbocycles. The van der Waals surface area contributed by atoms with E-state index in [1.807, 2.05) is 0 Å². The Hall–Kier alpha value is -1.23. The molecule has 0 unspecified atom stereocenters. The lowest BCUT2D eigenvalue weighted by atomic mass is 10.0. The Morgan fingerprint density at radius 2 is 1.81 bits per heavy atom. The average Bonchev–Trinajstić information content (AvgIpc) is 2.19. The van der Waals surface area contributed by atoms with E-state index < -0.39 is 12.3 Å². The number of aryl methyl sites for hydroxylation is 1. The normalized spacial score (nSPS) is 13.7. The minimum atomic E-state index is -4.69. The summed E-state index contributed by atoms with van der Waals surface area (Å²) in [6.07, 6.45) is -7.20. The standard InChI is InChI=1S/C11H13F3O2/c1-6-4-5-8(9(16-3)7(6)2)10(15)11(12,13)14/h4-5,10,15H,1-3H3/t10-/m0/s1. The summed E-state index contributed by atoms with van der Waals surface area (Å²) in [7, 11) is 1.29. The zero-order valence-electron chi connectivity index (χ0n) is 9.22. The molecule has 0 heterocycles. The van der Waals surface area contributed by atoms with E-state index in [0.29, 0.717) is 5.56 Å². The highest BCUT2D eigenvalue weighted by atomic mass is 19.4. The number of hydrogen-bond donors (Lipinski definition) is 1. The number of methoxy groups -OCH3 is 1. The monoisotopic (exact) mass is 234 g/mol. The third kappa shape index (κ3) is 2.29. The van der Waals surface area contributed by atoms with Crippen LogP contribution < -0.4 is 4.74 Å². The van der Waals surface area contributed by atoms with Crippen molar-refractivity contribution in [3.8, 4) is 5.75 Å². The van der Waals surface area contributed by atoms with Crippen molar-refractivity contribution < 1.29 is 23.0 Å². The fraction of sp³-hybridized carbons (Fsp3) is 0.455. The summed E-state index contributed by atoms with van der Waals surface area (Å²) >= 11 is 0. The second kappa shape index (κ2) is 4.33. The van der Waals surface area contributed by atoms with Gasteiger partial charge >= 0.3 is 6.18 Å². The summed E-state index contributed by atoms with van der Waals surface area (Å²) in [5.74, 6) is 0.0878. The third-order valence-corrected chi connectivity index (χ3v) is 2.52. The van der Waals surface area contributed by atoms with E-state index in [0.717, 1.165) is 5.56 Å². The molecular weight excluding hydrogens is 221 g/mol. The molecule has 0 bridgehead atoms. The maximum Gasteiger partial charge on any atom is 0.418 e. The molecule has 1 aromatic rings. The second-order valence-electron chi connectivity index (χ2n) is 3.57. The average molecular weight is 234 g/mol. The summed E-state index contributed by atoms with van der Waals surface area (Å²) in [5, 5.41) is 9.18. The van der Waals surface area contributed by atoms with E-state index in [2.05, 4.69) is 0 Å². The number of halogens is 3.